The van der Waals surface area contributed by atoms with Crippen molar-refractivity contribution >= 4 is 16.7 Å². The summed E-state index contributed by atoms with van der Waals surface area (Å²) in [7, 11) is 0. The third-order valence-corrected chi connectivity index (χ3v) is 4.08. The van der Waals surface area contributed by atoms with Crippen molar-refractivity contribution in [3.63, 3.8) is 0 Å². The Balaban J connectivity index is 2.28. The Morgan fingerprint density at radius 1 is 1.19 bits per heavy atom. The maximum absolute atomic E-state index is 5.87. The molecular weight excluding hydrogens is 260 g/mol. The van der Waals surface area contributed by atoms with Crippen LogP contribution in [0.15, 0.2) is 18.2 Å². The Kier molecular flexibility index (Phi) is 4.88. The summed E-state index contributed by atoms with van der Waals surface area (Å²) in [6.45, 7) is 13.2. The molecule has 0 bridgehead atoms. The number of aryl methyl sites for hydroxylation is 1. The summed E-state index contributed by atoms with van der Waals surface area (Å²) in [5.74, 6) is 1.14. The first-order valence-corrected chi connectivity index (χ1v) is 7.94. The molecule has 0 aliphatic heterocycles. The van der Waals surface area contributed by atoms with Gasteiger partial charge in [-0.3, -0.25) is 4.90 Å². The fourth-order valence-electron chi connectivity index (χ4n) is 3.04. The third-order valence-electron chi connectivity index (χ3n) is 4.08. The standard InChI is InChI=1S/C17H28N4/c1-6-17-19-15-11-14(18)7-8-16(15)21(17)10-9-20(12(2)3)13(4)5/h7-8,11-13H,6,9-10,18H2,1-5H3. The highest BCUT2D eigenvalue weighted by molar-refractivity contribution is 5.79. The van der Waals surface area contributed by atoms with E-state index in [9.17, 15) is 0 Å². The summed E-state index contributed by atoms with van der Waals surface area (Å²) in [6, 6.07) is 7.13. The molecule has 0 aliphatic rings. The third kappa shape index (κ3) is 3.38. The molecule has 0 atom stereocenters. The molecular formula is C17H28N4. The van der Waals surface area contributed by atoms with Gasteiger partial charge in [0.15, 0.2) is 0 Å². The molecule has 0 amide bonds. The van der Waals surface area contributed by atoms with Crippen molar-refractivity contribution in [3.8, 4) is 0 Å². The number of hydrogen-bond donors (Lipinski definition) is 1. The Morgan fingerprint density at radius 3 is 2.43 bits per heavy atom. The average Bonchev–Trinajstić information content (AvgIpc) is 2.75. The maximum Gasteiger partial charge on any atom is 0.109 e. The monoisotopic (exact) mass is 288 g/mol. The van der Waals surface area contributed by atoms with Crippen molar-refractivity contribution in [2.45, 2.75) is 59.7 Å². The number of imidazole rings is 1. The van der Waals surface area contributed by atoms with Crippen LogP contribution in [0.25, 0.3) is 11.0 Å². The van der Waals surface area contributed by atoms with E-state index < -0.39 is 0 Å². The normalized spacial score (nSPS) is 12.2. The van der Waals surface area contributed by atoms with Crippen LogP contribution in [0.1, 0.15) is 40.4 Å². The first kappa shape index (κ1) is 15.8. The fraction of sp³-hybridized carbons (Fsp3) is 0.588. The molecule has 2 rings (SSSR count). The molecule has 4 heteroatoms. The minimum atomic E-state index is 0.556. The predicted octanol–water partition coefficient (Wildman–Crippen LogP) is 3.30. The second-order valence-corrected chi connectivity index (χ2v) is 6.21. The first-order valence-electron chi connectivity index (χ1n) is 7.94. The van der Waals surface area contributed by atoms with E-state index in [0.29, 0.717) is 12.1 Å². The van der Waals surface area contributed by atoms with Gasteiger partial charge in [-0.05, 0) is 45.9 Å². The minimum absolute atomic E-state index is 0.556. The lowest BCUT2D eigenvalue weighted by Gasteiger charge is -2.30. The van der Waals surface area contributed by atoms with E-state index in [2.05, 4.69) is 50.2 Å². The number of benzene rings is 1. The van der Waals surface area contributed by atoms with Crippen LogP contribution in [0.4, 0.5) is 5.69 Å². The van der Waals surface area contributed by atoms with Crippen LogP contribution in [0.5, 0.6) is 0 Å². The Morgan fingerprint density at radius 2 is 1.86 bits per heavy atom. The molecule has 1 aromatic heterocycles. The Labute approximate surface area is 128 Å². The number of fused-ring (bicyclic) bond motifs is 1. The van der Waals surface area contributed by atoms with Crippen LogP contribution in [0.3, 0.4) is 0 Å². The molecule has 0 unspecified atom stereocenters. The molecule has 2 aromatic rings. The zero-order valence-electron chi connectivity index (χ0n) is 13.9. The van der Waals surface area contributed by atoms with Gasteiger partial charge in [0.25, 0.3) is 0 Å². The van der Waals surface area contributed by atoms with Gasteiger partial charge in [-0.15, -0.1) is 0 Å². The van der Waals surface area contributed by atoms with Crippen LogP contribution < -0.4 is 5.73 Å². The minimum Gasteiger partial charge on any atom is -0.399 e. The van der Waals surface area contributed by atoms with Crippen LogP contribution >= 0.6 is 0 Å². The van der Waals surface area contributed by atoms with Gasteiger partial charge in [0, 0.05) is 37.3 Å². The molecule has 2 N–H and O–H groups in total. The largest absolute Gasteiger partial charge is 0.399 e. The highest BCUT2D eigenvalue weighted by Gasteiger charge is 2.15. The van der Waals surface area contributed by atoms with Crippen molar-refractivity contribution in [2.24, 2.45) is 0 Å². The van der Waals surface area contributed by atoms with Crippen molar-refractivity contribution in [1.29, 1.82) is 0 Å². The zero-order valence-corrected chi connectivity index (χ0v) is 13.9. The smallest absolute Gasteiger partial charge is 0.109 e. The number of nitrogens with two attached hydrogens (primary N) is 1. The van der Waals surface area contributed by atoms with Gasteiger partial charge < -0.3 is 10.3 Å². The molecule has 0 fully saturated rings. The second kappa shape index (κ2) is 6.48. The fourth-order valence-corrected chi connectivity index (χ4v) is 3.04. The number of hydrogen-bond acceptors (Lipinski definition) is 3. The number of aromatic nitrogens is 2. The van der Waals surface area contributed by atoms with Crippen molar-refractivity contribution in [3.05, 3.63) is 24.0 Å². The molecule has 1 heterocycles. The summed E-state index contributed by atoms with van der Waals surface area (Å²) < 4.78 is 2.34. The van der Waals surface area contributed by atoms with E-state index in [-0.39, 0.29) is 0 Å². The van der Waals surface area contributed by atoms with Crippen LogP contribution in [-0.2, 0) is 13.0 Å². The van der Waals surface area contributed by atoms with Gasteiger partial charge in [0.2, 0.25) is 0 Å². The van der Waals surface area contributed by atoms with Gasteiger partial charge in [-0.2, -0.15) is 0 Å². The van der Waals surface area contributed by atoms with Gasteiger partial charge in [-0.1, -0.05) is 6.92 Å². The topological polar surface area (TPSA) is 47.1 Å². The number of anilines is 1. The summed E-state index contributed by atoms with van der Waals surface area (Å²) in [5.41, 5.74) is 8.84. The van der Waals surface area contributed by atoms with Gasteiger partial charge in [0.05, 0.1) is 11.0 Å². The SMILES string of the molecule is CCc1nc2cc(N)ccc2n1CCN(C(C)C)C(C)C. The highest BCUT2D eigenvalue weighted by Crippen LogP contribution is 2.20. The van der Waals surface area contributed by atoms with Crippen LogP contribution in [-0.4, -0.2) is 33.1 Å². The van der Waals surface area contributed by atoms with E-state index in [1.165, 1.54) is 5.52 Å². The number of nitrogen functional groups attached to an aromatic ring is 1. The molecule has 21 heavy (non-hydrogen) atoms. The maximum atomic E-state index is 5.87. The molecule has 0 spiro atoms. The first-order chi connectivity index (χ1) is 9.93. The molecule has 116 valence electrons. The second-order valence-electron chi connectivity index (χ2n) is 6.21. The summed E-state index contributed by atoms with van der Waals surface area (Å²) in [4.78, 5) is 7.24. The van der Waals surface area contributed by atoms with Gasteiger partial charge in [-0.25, -0.2) is 4.98 Å². The van der Waals surface area contributed by atoms with E-state index in [4.69, 9.17) is 10.7 Å². The van der Waals surface area contributed by atoms with Crippen LogP contribution in [0, 0.1) is 0 Å². The lowest BCUT2D eigenvalue weighted by molar-refractivity contribution is 0.168. The predicted molar refractivity (Wildman–Crippen MR) is 90.5 cm³/mol. The molecule has 0 saturated heterocycles. The molecule has 4 nitrogen and oxygen atoms in total. The highest BCUT2D eigenvalue weighted by atomic mass is 15.2. The quantitative estimate of drug-likeness (QED) is 0.830. The van der Waals surface area contributed by atoms with Gasteiger partial charge >= 0.3 is 0 Å². The van der Waals surface area contributed by atoms with Crippen molar-refractivity contribution in [1.82, 2.24) is 14.5 Å². The molecule has 1 aromatic carbocycles. The zero-order chi connectivity index (χ0) is 15.6. The van der Waals surface area contributed by atoms with Crippen molar-refractivity contribution in [2.75, 3.05) is 12.3 Å². The van der Waals surface area contributed by atoms with E-state index in [0.717, 1.165) is 36.5 Å². The lowest BCUT2D eigenvalue weighted by atomic mass is 10.2. The average molecular weight is 288 g/mol. The number of nitrogens with zero attached hydrogens (tertiary/aromatic N) is 3. The summed E-state index contributed by atoms with van der Waals surface area (Å²) >= 11 is 0. The van der Waals surface area contributed by atoms with Gasteiger partial charge in [0.1, 0.15) is 5.82 Å². The lowest BCUT2D eigenvalue weighted by Crippen LogP contribution is -2.39. The summed E-state index contributed by atoms with van der Waals surface area (Å²) in [6.07, 6.45) is 0.942. The van der Waals surface area contributed by atoms with E-state index in [1.54, 1.807) is 0 Å². The summed E-state index contributed by atoms with van der Waals surface area (Å²) in [5, 5.41) is 0. The van der Waals surface area contributed by atoms with Crippen LogP contribution in [0.2, 0.25) is 0 Å². The van der Waals surface area contributed by atoms with Crippen molar-refractivity contribution < 1.29 is 0 Å². The number of rotatable bonds is 6. The van der Waals surface area contributed by atoms with E-state index >= 15 is 0 Å². The van der Waals surface area contributed by atoms with E-state index in [1.807, 2.05) is 12.1 Å². The Bertz CT molecular complexity index is 590. The molecule has 0 radical (unpaired) electrons. The molecule has 0 saturated carbocycles. The molecule has 0 aliphatic carbocycles. The Hall–Kier alpha value is -1.55.